The van der Waals surface area contributed by atoms with Crippen molar-refractivity contribution in [2.45, 2.75) is 25.1 Å². The van der Waals surface area contributed by atoms with E-state index in [9.17, 15) is 26.4 Å². The number of ether oxygens (including phenoxy) is 1. The van der Waals surface area contributed by atoms with Crippen LogP contribution in [0.1, 0.15) is 12.5 Å². The highest BCUT2D eigenvalue weighted by molar-refractivity contribution is 7.88. The molecule has 118 valence electrons. The summed E-state index contributed by atoms with van der Waals surface area (Å²) in [6, 6.07) is 2.93. The average molecular weight is 327 g/mol. The topological polar surface area (TPSA) is 92.7 Å². The van der Waals surface area contributed by atoms with Gasteiger partial charge in [-0.05, 0) is 24.6 Å². The Hall–Kier alpha value is -1.81. The van der Waals surface area contributed by atoms with Gasteiger partial charge in [0.2, 0.25) is 10.0 Å². The predicted octanol–water partition coefficient (Wildman–Crippen LogP) is 1.48. The number of alkyl halides is 3. The number of nitrogens with one attached hydrogen (secondary N) is 1. The molecular weight excluding hydrogens is 315 g/mol. The minimum Gasteiger partial charge on any atom is -0.480 e. The summed E-state index contributed by atoms with van der Waals surface area (Å²) in [6.45, 7) is 1.15. The zero-order valence-electron chi connectivity index (χ0n) is 10.7. The van der Waals surface area contributed by atoms with E-state index in [0.29, 0.717) is 0 Å². The Kier molecular flexibility index (Phi) is 5.18. The summed E-state index contributed by atoms with van der Waals surface area (Å²) in [5, 5.41) is 8.61. The molecule has 2 N–H and O–H groups in total. The van der Waals surface area contributed by atoms with E-state index in [1.807, 2.05) is 4.72 Å². The van der Waals surface area contributed by atoms with Gasteiger partial charge in [-0.1, -0.05) is 12.1 Å². The van der Waals surface area contributed by atoms with E-state index in [-0.39, 0.29) is 5.56 Å². The van der Waals surface area contributed by atoms with Crippen molar-refractivity contribution >= 4 is 16.0 Å². The third-order valence-electron chi connectivity index (χ3n) is 2.24. The number of hydrogen-bond acceptors (Lipinski definition) is 4. The lowest BCUT2D eigenvalue weighted by molar-refractivity contribution is -0.274. The second-order valence-electron chi connectivity index (χ2n) is 4.13. The number of carbonyl (C=O) groups is 1. The zero-order chi connectivity index (χ0) is 16.3. The first-order valence-electron chi connectivity index (χ1n) is 5.56. The van der Waals surface area contributed by atoms with Gasteiger partial charge in [-0.2, -0.15) is 0 Å². The molecule has 1 rings (SSSR count). The normalized spacial score (nSPS) is 13.7. The van der Waals surface area contributed by atoms with E-state index in [4.69, 9.17) is 5.11 Å². The van der Waals surface area contributed by atoms with Gasteiger partial charge in [-0.25, -0.2) is 13.1 Å². The van der Waals surface area contributed by atoms with Crippen molar-refractivity contribution in [1.29, 1.82) is 0 Å². The third-order valence-corrected chi connectivity index (χ3v) is 3.67. The van der Waals surface area contributed by atoms with Crippen LogP contribution in [0.5, 0.6) is 5.75 Å². The van der Waals surface area contributed by atoms with Crippen LogP contribution in [0, 0.1) is 0 Å². The fraction of sp³-hybridized carbons (Fsp3) is 0.364. The lowest BCUT2D eigenvalue weighted by atomic mass is 10.2. The number of halogens is 3. The Balaban J connectivity index is 2.73. The SMILES string of the molecule is C[C@H](NS(=O)(=O)Cc1ccc(OC(F)(F)F)cc1)C(=O)O. The summed E-state index contributed by atoms with van der Waals surface area (Å²) in [4.78, 5) is 10.6. The molecule has 0 aliphatic heterocycles. The van der Waals surface area contributed by atoms with Gasteiger partial charge in [0, 0.05) is 0 Å². The monoisotopic (exact) mass is 327 g/mol. The number of rotatable bonds is 6. The Morgan fingerprint density at radius 3 is 2.29 bits per heavy atom. The lowest BCUT2D eigenvalue weighted by Gasteiger charge is -2.11. The molecule has 1 aromatic carbocycles. The van der Waals surface area contributed by atoms with Crippen molar-refractivity contribution < 1.29 is 36.2 Å². The van der Waals surface area contributed by atoms with Gasteiger partial charge in [-0.15, -0.1) is 13.2 Å². The highest BCUT2D eigenvalue weighted by Crippen LogP contribution is 2.23. The standard InChI is InChI=1S/C11H12F3NO5S/c1-7(10(16)17)15-21(18,19)6-8-2-4-9(5-3-8)20-11(12,13)14/h2-5,7,15H,6H2,1H3,(H,16,17)/t7-/m0/s1. The second kappa shape index (κ2) is 6.31. The van der Waals surface area contributed by atoms with Gasteiger partial charge in [0.05, 0.1) is 5.75 Å². The number of aliphatic carboxylic acids is 1. The van der Waals surface area contributed by atoms with Gasteiger partial charge in [0.15, 0.2) is 0 Å². The number of carboxylic acids is 1. The van der Waals surface area contributed by atoms with Crippen LogP contribution < -0.4 is 9.46 Å². The molecule has 0 saturated heterocycles. The van der Waals surface area contributed by atoms with Crippen LogP contribution in [0.4, 0.5) is 13.2 Å². The molecule has 1 atom stereocenters. The molecule has 1 aromatic rings. The van der Waals surface area contributed by atoms with E-state index >= 15 is 0 Å². The molecule has 0 fully saturated rings. The van der Waals surface area contributed by atoms with E-state index in [2.05, 4.69) is 4.74 Å². The van der Waals surface area contributed by atoms with Crippen LogP contribution in [0.2, 0.25) is 0 Å². The van der Waals surface area contributed by atoms with Crippen LogP contribution in [0.25, 0.3) is 0 Å². The molecule has 0 aliphatic rings. The number of carboxylic acid groups (broad SMARTS) is 1. The van der Waals surface area contributed by atoms with Crippen LogP contribution in [-0.2, 0) is 20.6 Å². The number of sulfonamides is 1. The number of benzene rings is 1. The molecule has 0 aromatic heterocycles. The molecule has 0 bridgehead atoms. The maximum atomic E-state index is 11.9. The average Bonchev–Trinajstić information content (AvgIpc) is 2.28. The Bertz CT molecular complexity index is 597. The summed E-state index contributed by atoms with van der Waals surface area (Å²) < 4.78 is 64.7. The molecule has 0 amide bonds. The molecule has 0 saturated carbocycles. The molecule has 6 nitrogen and oxygen atoms in total. The van der Waals surface area contributed by atoms with Crippen molar-refractivity contribution in [1.82, 2.24) is 4.72 Å². The van der Waals surface area contributed by atoms with E-state index in [1.165, 1.54) is 0 Å². The van der Waals surface area contributed by atoms with Gasteiger partial charge in [0.25, 0.3) is 0 Å². The molecule has 0 radical (unpaired) electrons. The Morgan fingerprint density at radius 1 is 1.33 bits per heavy atom. The first-order chi connectivity index (χ1) is 9.48. The lowest BCUT2D eigenvalue weighted by Crippen LogP contribution is -2.38. The van der Waals surface area contributed by atoms with E-state index in [1.54, 1.807) is 0 Å². The van der Waals surface area contributed by atoms with Crippen LogP contribution in [-0.4, -0.2) is 31.9 Å². The van der Waals surface area contributed by atoms with Crippen LogP contribution in [0.15, 0.2) is 24.3 Å². The van der Waals surface area contributed by atoms with Crippen LogP contribution >= 0.6 is 0 Å². The smallest absolute Gasteiger partial charge is 0.480 e. The zero-order valence-corrected chi connectivity index (χ0v) is 11.5. The summed E-state index contributed by atoms with van der Waals surface area (Å²) >= 11 is 0. The van der Waals surface area contributed by atoms with E-state index < -0.39 is 39.9 Å². The predicted molar refractivity (Wildman–Crippen MR) is 66.0 cm³/mol. The van der Waals surface area contributed by atoms with Gasteiger partial charge in [0.1, 0.15) is 11.8 Å². The minimum absolute atomic E-state index is 0.189. The third kappa shape index (κ3) is 6.45. The largest absolute Gasteiger partial charge is 0.573 e. The molecule has 0 unspecified atom stereocenters. The Morgan fingerprint density at radius 2 is 1.86 bits per heavy atom. The molecule has 0 spiro atoms. The second-order valence-corrected chi connectivity index (χ2v) is 5.88. The van der Waals surface area contributed by atoms with Gasteiger partial charge < -0.3 is 9.84 Å². The summed E-state index contributed by atoms with van der Waals surface area (Å²) in [7, 11) is -3.92. The van der Waals surface area contributed by atoms with Crippen molar-refractivity contribution in [3.05, 3.63) is 29.8 Å². The molecule has 21 heavy (non-hydrogen) atoms. The quantitative estimate of drug-likeness (QED) is 0.825. The van der Waals surface area contributed by atoms with Crippen molar-refractivity contribution in [3.8, 4) is 5.75 Å². The molecule has 10 heteroatoms. The highest BCUT2D eigenvalue weighted by atomic mass is 32.2. The summed E-state index contributed by atoms with van der Waals surface area (Å²) in [6.07, 6.45) is -4.83. The Labute approximate surface area is 118 Å². The first kappa shape index (κ1) is 17.2. The molecule has 0 aliphatic carbocycles. The summed E-state index contributed by atoms with van der Waals surface area (Å²) in [5.41, 5.74) is 0.189. The number of hydrogen-bond donors (Lipinski definition) is 2. The maximum absolute atomic E-state index is 11.9. The van der Waals surface area contributed by atoms with Crippen molar-refractivity contribution in [3.63, 3.8) is 0 Å². The maximum Gasteiger partial charge on any atom is 0.573 e. The van der Waals surface area contributed by atoms with Gasteiger partial charge in [-0.3, -0.25) is 4.79 Å². The molecule has 0 heterocycles. The van der Waals surface area contributed by atoms with Crippen LogP contribution in [0.3, 0.4) is 0 Å². The molecular formula is C11H12F3NO5S. The van der Waals surface area contributed by atoms with Gasteiger partial charge >= 0.3 is 12.3 Å². The fourth-order valence-corrected chi connectivity index (χ4v) is 2.72. The fourth-order valence-electron chi connectivity index (χ4n) is 1.37. The van der Waals surface area contributed by atoms with Crippen molar-refractivity contribution in [2.75, 3.05) is 0 Å². The van der Waals surface area contributed by atoms with Crippen molar-refractivity contribution in [2.24, 2.45) is 0 Å². The van der Waals surface area contributed by atoms with E-state index in [0.717, 1.165) is 31.2 Å². The minimum atomic E-state index is -4.83. The first-order valence-corrected chi connectivity index (χ1v) is 7.21. The highest BCUT2D eigenvalue weighted by Gasteiger charge is 2.31. The summed E-state index contributed by atoms with van der Waals surface area (Å²) in [5.74, 6) is -2.38.